The Morgan fingerprint density at radius 1 is 1.27 bits per heavy atom. The molecule has 0 aliphatic carbocycles. The van der Waals surface area contributed by atoms with Gasteiger partial charge in [-0.2, -0.15) is 0 Å². The maximum Gasteiger partial charge on any atom is 0.315 e. The van der Waals surface area contributed by atoms with Crippen LogP contribution in [0.5, 0.6) is 0 Å². The number of amides is 2. The number of nitrogens with zero attached hydrogens (tertiary/aromatic N) is 1. The lowest BCUT2D eigenvalue weighted by Gasteiger charge is -2.06. The Hall–Kier alpha value is -1.92. The van der Waals surface area contributed by atoms with Gasteiger partial charge in [-0.3, -0.25) is 0 Å². The van der Waals surface area contributed by atoms with Gasteiger partial charge < -0.3 is 15.4 Å². The molecule has 0 aliphatic heterocycles. The lowest BCUT2D eigenvalue weighted by atomic mass is 10.2. The van der Waals surface area contributed by atoms with Crippen molar-refractivity contribution in [2.75, 3.05) is 19.8 Å². The summed E-state index contributed by atoms with van der Waals surface area (Å²) in [6.07, 6.45) is 0.816. The molecule has 0 saturated carbocycles. The molecule has 0 atom stereocenters. The highest BCUT2D eigenvalue weighted by Gasteiger charge is 2.05. The van der Waals surface area contributed by atoms with Gasteiger partial charge in [0.25, 0.3) is 0 Å². The predicted octanol–water partition coefficient (Wildman–Crippen LogP) is 3.04. The molecular weight excluding hydrogens is 298 g/mol. The van der Waals surface area contributed by atoms with Crippen molar-refractivity contribution < 1.29 is 9.53 Å². The average Bonchev–Trinajstić information content (AvgIpc) is 3.02. The van der Waals surface area contributed by atoms with E-state index in [1.807, 2.05) is 42.6 Å². The van der Waals surface area contributed by atoms with Crippen LogP contribution in [0, 0.1) is 0 Å². The van der Waals surface area contributed by atoms with Crippen LogP contribution in [0.3, 0.4) is 0 Å². The molecule has 2 rings (SSSR count). The molecule has 5 nitrogen and oxygen atoms in total. The van der Waals surface area contributed by atoms with E-state index in [0.717, 1.165) is 22.7 Å². The largest absolute Gasteiger partial charge is 0.382 e. The number of benzene rings is 1. The average molecular weight is 319 g/mol. The molecule has 2 aromatic rings. The van der Waals surface area contributed by atoms with Crippen LogP contribution in [0.25, 0.3) is 11.3 Å². The number of nitrogens with one attached hydrogen (secondary N) is 2. The van der Waals surface area contributed by atoms with E-state index < -0.39 is 0 Å². The molecule has 1 aromatic heterocycles. The molecule has 0 unspecified atom stereocenters. The summed E-state index contributed by atoms with van der Waals surface area (Å²) in [5, 5.41) is 8.51. The highest BCUT2D eigenvalue weighted by Crippen LogP contribution is 2.21. The van der Waals surface area contributed by atoms with Crippen LogP contribution in [0.1, 0.15) is 18.4 Å². The number of rotatable bonds is 8. The van der Waals surface area contributed by atoms with E-state index in [1.165, 1.54) is 0 Å². The van der Waals surface area contributed by atoms with Crippen LogP contribution < -0.4 is 10.6 Å². The summed E-state index contributed by atoms with van der Waals surface area (Å²) in [6.45, 7) is 4.38. The molecular formula is C16H21N3O2S. The molecule has 0 radical (unpaired) electrons. The first-order valence-electron chi connectivity index (χ1n) is 7.39. The normalized spacial score (nSPS) is 10.4. The van der Waals surface area contributed by atoms with Crippen molar-refractivity contribution >= 4 is 17.4 Å². The smallest absolute Gasteiger partial charge is 0.315 e. The van der Waals surface area contributed by atoms with Gasteiger partial charge in [0.2, 0.25) is 0 Å². The topological polar surface area (TPSA) is 63.2 Å². The summed E-state index contributed by atoms with van der Waals surface area (Å²) in [4.78, 5) is 16.2. The zero-order valence-electron chi connectivity index (χ0n) is 12.7. The Morgan fingerprint density at radius 3 is 2.86 bits per heavy atom. The number of hydrogen-bond acceptors (Lipinski definition) is 4. The Labute approximate surface area is 134 Å². The van der Waals surface area contributed by atoms with Gasteiger partial charge in [-0.15, -0.1) is 11.3 Å². The molecule has 1 heterocycles. The number of hydrogen-bond donors (Lipinski definition) is 2. The van der Waals surface area contributed by atoms with Crippen LogP contribution in [0.4, 0.5) is 4.79 Å². The zero-order valence-corrected chi connectivity index (χ0v) is 13.5. The van der Waals surface area contributed by atoms with Gasteiger partial charge in [-0.25, -0.2) is 9.78 Å². The van der Waals surface area contributed by atoms with Gasteiger partial charge in [0.1, 0.15) is 5.01 Å². The number of aromatic nitrogens is 1. The number of ether oxygens (including phenoxy) is 1. The molecule has 1 aromatic carbocycles. The lowest BCUT2D eigenvalue weighted by molar-refractivity contribution is 0.145. The van der Waals surface area contributed by atoms with Crippen molar-refractivity contribution in [3.05, 3.63) is 40.7 Å². The fourth-order valence-electron chi connectivity index (χ4n) is 1.87. The summed E-state index contributed by atoms with van der Waals surface area (Å²) < 4.78 is 5.21. The molecule has 0 saturated heterocycles. The zero-order chi connectivity index (χ0) is 15.6. The third kappa shape index (κ3) is 5.46. The van der Waals surface area contributed by atoms with Gasteiger partial charge in [0.05, 0.1) is 12.2 Å². The fraction of sp³-hybridized carbons (Fsp3) is 0.375. The van der Waals surface area contributed by atoms with Crippen molar-refractivity contribution in [1.82, 2.24) is 15.6 Å². The van der Waals surface area contributed by atoms with Gasteiger partial charge in [0.15, 0.2) is 0 Å². The van der Waals surface area contributed by atoms with Crippen LogP contribution in [0.15, 0.2) is 35.7 Å². The minimum absolute atomic E-state index is 0.173. The molecule has 0 spiro atoms. The van der Waals surface area contributed by atoms with Crippen molar-refractivity contribution in [1.29, 1.82) is 0 Å². The number of carbonyl (C=O) groups excluding carboxylic acids is 1. The van der Waals surface area contributed by atoms with E-state index >= 15 is 0 Å². The van der Waals surface area contributed by atoms with Crippen LogP contribution in [-0.4, -0.2) is 30.8 Å². The van der Waals surface area contributed by atoms with E-state index in [4.69, 9.17) is 4.74 Å². The van der Waals surface area contributed by atoms with E-state index in [1.54, 1.807) is 11.3 Å². The standard InChI is InChI=1S/C16H21N3O2S/c1-2-21-10-6-9-17-16(20)18-11-15-19-14(12-22-15)13-7-4-3-5-8-13/h3-5,7-8,12H,2,6,9-11H2,1H3,(H2,17,18,20). The van der Waals surface area contributed by atoms with Crippen LogP contribution >= 0.6 is 11.3 Å². The van der Waals surface area contributed by atoms with E-state index in [-0.39, 0.29) is 6.03 Å². The third-order valence-corrected chi connectivity index (χ3v) is 3.83. The second-order valence-corrected chi connectivity index (χ2v) is 5.60. The minimum atomic E-state index is -0.173. The summed E-state index contributed by atoms with van der Waals surface area (Å²) in [7, 11) is 0. The molecule has 2 N–H and O–H groups in total. The number of urea groups is 1. The lowest BCUT2D eigenvalue weighted by Crippen LogP contribution is -2.35. The van der Waals surface area contributed by atoms with E-state index in [2.05, 4.69) is 15.6 Å². The minimum Gasteiger partial charge on any atom is -0.382 e. The fourth-order valence-corrected chi connectivity index (χ4v) is 2.62. The summed E-state index contributed by atoms with van der Waals surface area (Å²) >= 11 is 1.55. The molecule has 6 heteroatoms. The molecule has 118 valence electrons. The molecule has 0 aliphatic rings. The highest BCUT2D eigenvalue weighted by atomic mass is 32.1. The maximum atomic E-state index is 11.6. The summed E-state index contributed by atoms with van der Waals surface area (Å²) in [5.74, 6) is 0. The van der Waals surface area contributed by atoms with E-state index in [9.17, 15) is 4.79 Å². The third-order valence-electron chi connectivity index (χ3n) is 2.98. The Morgan fingerprint density at radius 2 is 2.09 bits per heavy atom. The molecule has 0 bridgehead atoms. The highest BCUT2D eigenvalue weighted by molar-refractivity contribution is 7.09. The maximum absolute atomic E-state index is 11.6. The van der Waals surface area contributed by atoms with Crippen molar-refractivity contribution in [3.63, 3.8) is 0 Å². The molecule has 22 heavy (non-hydrogen) atoms. The Bertz CT molecular complexity index is 572. The predicted molar refractivity (Wildman–Crippen MR) is 88.9 cm³/mol. The quantitative estimate of drug-likeness (QED) is 0.735. The first-order chi connectivity index (χ1) is 10.8. The van der Waals surface area contributed by atoms with Gasteiger partial charge in [-0.05, 0) is 13.3 Å². The van der Waals surface area contributed by atoms with Gasteiger partial charge in [-0.1, -0.05) is 30.3 Å². The number of thiazole rings is 1. The van der Waals surface area contributed by atoms with Crippen LogP contribution in [-0.2, 0) is 11.3 Å². The van der Waals surface area contributed by atoms with Crippen LogP contribution in [0.2, 0.25) is 0 Å². The SMILES string of the molecule is CCOCCCNC(=O)NCc1nc(-c2ccccc2)cs1. The Balaban J connectivity index is 1.71. The van der Waals surface area contributed by atoms with Crippen molar-refractivity contribution in [2.24, 2.45) is 0 Å². The summed E-state index contributed by atoms with van der Waals surface area (Å²) in [5.41, 5.74) is 2.03. The second kappa shape index (κ2) is 9.17. The second-order valence-electron chi connectivity index (χ2n) is 4.65. The van der Waals surface area contributed by atoms with Gasteiger partial charge in [0, 0.05) is 30.7 Å². The molecule has 0 fully saturated rings. The first kappa shape index (κ1) is 16.5. The monoisotopic (exact) mass is 319 g/mol. The Kier molecular flexibility index (Phi) is 6.86. The first-order valence-corrected chi connectivity index (χ1v) is 8.27. The van der Waals surface area contributed by atoms with Crippen molar-refractivity contribution in [3.8, 4) is 11.3 Å². The summed E-state index contributed by atoms with van der Waals surface area (Å²) in [6, 6.07) is 9.83. The molecule has 2 amide bonds. The van der Waals surface area contributed by atoms with E-state index in [0.29, 0.717) is 26.3 Å². The van der Waals surface area contributed by atoms with Crippen molar-refractivity contribution in [2.45, 2.75) is 19.9 Å². The van der Waals surface area contributed by atoms with Gasteiger partial charge >= 0.3 is 6.03 Å². The number of carbonyl (C=O) groups is 1.